The molecule has 1 aromatic carbocycles. The smallest absolute Gasteiger partial charge is 0.188 e. The van der Waals surface area contributed by atoms with Gasteiger partial charge in [-0.2, -0.15) is 0 Å². The number of nitrogens with two attached hydrogens (primary N) is 2. The molecule has 1 heterocycles. The Morgan fingerprint density at radius 1 is 1.17 bits per heavy atom. The number of aromatic hydroxyl groups is 1. The predicted octanol–water partition coefficient (Wildman–Crippen LogP) is 2.50. The molecule has 2 bridgehead atoms. The highest BCUT2D eigenvalue weighted by Gasteiger charge is 2.65. The Bertz CT molecular complexity index is 748. The summed E-state index contributed by atoms with van der Waals surface area (Å²) in [6.45, 7) is 0.589. The first kappa shape index (κ1) is 16.8. The number of para-hydroxylation sites is 1. The number of ether oxygens (including phenoxy) is 1. The number of benzene rings is 1. The maximum absolute atomic E-state index is 9.92. The molecule has 0 spiro atoms. The van der Waals surface area contributed by atoms with Gasteiger partial charge in [0, 0.05) is 17.2 Å². The molecule has 6 nitrogen and oxygen atoms in total. The van der Waals surface area contributed by atoms with Gasteiger partial charge < -0.3 is 21.3 Å². The van der Waals surface area contributed by atoms with E-state index in [1.165, 1.54) is 0 Å². The van der Waals surface area contributed by atoms with Gasteiger partial charge in [-0.1, -0.05) is 12.1 Å². The van der Waals surface area contributed by atoms with E-state index in [1.54, 1.807) is 24.3 Å². The largest absolute Gasteiger partial charge is 0.507 e. The van der Waals surface area contributed by atoms with E-state index in [0.29, 0.717) is 29.0 Å². The van der Waals surface area contributed by atoms with Crippen molar-refractivity contribution in [2.75, 3.05) is 12.3 Å². The molecule has 128 valence electrons. The van der Waals surface area contributed by atoms with Crippen LogP contribution in [0.1, 0.15) is 25.7 Å². The van der Waals surface area contributed by atoms with E-state index in [0.717, 1.165) is 25.7 Å². The van der Waals surface area contributed by atoms with Crippen molar-refractivity contribution >= 4 is 18.2 Å². The average molecular weight is 349 g/mol. The molecule has 3 aliphatic carbocycles. The lowest BCUT2D eigenvalue weighted by atomic mass is 9.39. The van der Waals surface area contributed by atoms with E-state index in [1.807, 2.05) is 6.07 Å². The third-order valence-corrected chi connectivity index (χ3v) is 5.04. The second kappa shape index (κ2) is 5.79. The number of nitrogens with zero attached hydrogens (tertiary/aromatic N) is 2. The summed E-state index contributed by atoms with van der Waals surface area (Å²) < 4.78 is 5.82. The molecule has 24 heavy (non-hydrogen) atoms. The topological polar surface area (TPSA) is 107 Å². The first-order valence-corrected chi connectivity index (χ1v) is 7.82. The number of phenolic OH excluding ortho intramolecular Hbond substituents is 1. The molecule has 5 N–H and O–H groups in total. The monoisotopic (exact) mass is 348 g/mol. The summed E-state index contributed by atoms with van der Waals surface area (Å²) in [4.78, 5) is 0. The van der Waals surface area contributed by atoms with E-state index < -0.39 is 0 Å². The van der Waals surface area contributed by atoms with E-state index in [9.17, 15) is 5.11 Å². The normalized spacial score (nSPS) is 26.7. The minimum absolute atomic E-state index is 0. The van der Waals surface area contributed by atoms with Crippen LogP contribution in [-0.2, 0) is 0 Å². The molecule has 0 atom stereocenters. The van der Waals surface area contributed by atoms with Crippen LogP contribution >= 0.6 is 12.4 Å². The Kier molecular flexibility index (Phi) is 4.05. The highest BCUT2D eigenvalue weighted by molar-refractivity contribution is 5.85. The molecule has 1 aromatic heterocycles. The highest BCUT2D eigenvalue weighted by Crippen LogP contribution is 2.67. The molecule has 0 aliphatic heterocycles. The second-order valence-electron chi connectivity index (χ2n) is 6.99. The zero-order valence-corrected chi connectivity index (χ0v) is 14.1. The molecule has 0 unspecified atom stereocenters. The average Bonchev–Trinajstić information content (AvgIpc) is 2.47. The summed E-state index contributed by atoms with van der Waals surface area (Å²) in [5, 5.41) is 17.9. The van der Waals surface area contributed by atoms with Gasteiger partial charge in [-0.15, -0.1) is 22.6 Å². The Balaban J connectivity index is 0.00000169. The summed E-state index contributed by atoms with van der Waals surface area (Å²) >= 11 is 0. The van der Waals surface area contributed by atoms with Gasteiger partial charge in [-0.25, -0.2) is 0 Å². The van der Waals surface area contributed by atoms with Crippen LogP contribution in [0.5, 0.6) is 11.5 Å². The van der Waals surface area contributed by atoms with Gasteiger partial charge in [0.15, 0.2) is 11.6 Å². The van der Waals surface area contributed by atoms with Gasteiger partial charge in [0.2, 0.25) is 0 Å². The minimum Gasteiger partial charge on any atom is -0.507 e. The lowest BCUT2D eigenvalue weighted by Gasteiger charge is -2.69. The number of rotatable bonds is 5. The Morgan fingerprint density at radius 3 is 2.54 bits per heavy atom. The van der Waals surface area contributed by atoms with Gasteiger partial charge in [0.1, 0.15) is 11.4 Å². The second-order valence-corrected chi connectivity index (χ2v) is 6.99. The number of halogens is 1. The standard InChI is InChI=1S/C17H20N4O2.ClH/c18-15-14(23-6-5-16-8-17(19,9-16)10-16)7-12(20-21-15)11-3-1-2-4-13(11)22;/h1-4,7,22H,5-6,8-10,19H2,(H2,18,21);1H. The van der Waals surface area contributed by atoms with Crippen molar-refractivity contribution in [1.82, 2.24) is 10.2 Å². The quantitative estimate of drug-likeness (QED) is 0.766. The summed E-state index contributed by atoms with van der Waals surface area (Å²) in [5.74, 6) is 0.920. The van der Waals surface area contributed by atoms with Gasteiger partial charge >= 0.3 is 0 Å². The number of hydrogen-bond acceptors (Lipinski definition) is 6. The van der Waals surface area contributed by atoms with E-state index in [-0.39, 0.29) is 29.5 Å². The van der Waals surface area contributed by atoms with Gasteiger partial charge in [0.05, 0.1) is 6.61 Å². The molecule has 0 amide bonds. The van der Waals surface area contributed by atoms with Crippen molar-refractivity contribution in [3.05, 3.63) is 30.3 Å². The fraction of sp³-hybridized carbons (Fsp3) is 0.412. The molecule has 7 heteroatoms. The molecule has 3 saturated carbocycles. The van der Waals surface area contributed by atoms with E-state index >= 15 is 0 Å². The van der Waals surface area contributed by atoms with Crippen LogP contribution in [-0.4, -0.2) is 27.4 Å². The summed E-state index contributed by atoms with van der Waals surface area (Å²) in [6.07, 6.45) is 4.31. The van der Waals surface area contributed by atoms with Crippen LogP contribution in [0.4, 0.5) is 5.82 Å². The fourth-order valence-corrected chi connectivity index (χ4v) is 4.05. The van der Waals surface area contributed by atoms with Crippen molar-refractivity contribution < 1.29 is 9.84 Å². The maximum atomic E-state index is 9.92. The predicted molar refractivity (Wildman–Crippen MR) is 94.1 cm³/mol. The van der Waals surface area contributed by atoms with Gasteiger partial charge in [-0.3, -0.25) is 0 Å². The molecule has 0 radical (unpaired) electrons. The number of anilines is 1. The fourth-order valence-electron chi connectivity index (χ4n) is 4.05. The first-order chi connectivity index (χ1) is 11.0. The van der Waals surface area contributed by atoms with Crippen molar-refractivity contribution in [1.29, 1.82) is 0 Å². The van der Waals surface area contributed by atoms with Crippen molar-refractivity contribution in [2.24, 2.45) is 11.1 Å². The Hall–Kier alpha value is -2.05. The number of phenols is 1. The molecular weight excluding hydrogens is 328 g/mol. The first-order valence-electron chi connectivity index (χ1n) is 7.82. The van der Waals surface area contributed by atoms with Crippen molar-refractivity contribution in [3.63, 3.8) is 0 Å². The lowest BCUT2D eigenvalue weighted by Crippen LogP contribution is -2.72. The van der Waals surface area contributed by atoms with Crippen LogP contribution in [0, 0.1) is 5.41 Å². The Morgan fingerprint density at radius 2 is 1.88 bits per heavy atom. The van der Waals surface area contributed by atoms with Crippen LogP contribution < -0.4 is 16.2 Å². The third-order valence-electron chi connectivity index (χ3n) is 5.04. The summed E-state index contributed by atoms with van der Waals surface area (Å²) in [5.41, 5.74) is 13.6. The van der Waals surface area contributed by atoms with Gasteiger partial charge in [0.25, 0.3) is 0 Å². The maximum Gasteiger partial charge on any atom is 0.188 e. The number of aromatic nitrogens is 2. The zero-order valence-electron chi connectivity index (χ0n) is 13.2. The molecule has 0 saturated heterocycles. The molecular formula is C17H21ClN4O2. The molecule has 5 rings (SSSR count). The lowest BCUT2D eigenvalue weighted by molar-refractivity contribution is -0.140. The molecule has 2 aromatic rings. The summed E-state index contributed by atoms with van der Waals surface area (Å²) in [6, 6.07) is 8.71. The zero-order chi connectivity index (χ0) is 16.1. The van der Waals surface area contributed by atoms with Crippen molar-refractivity contribution in [3.8, 4) is 22.8 Å². The van der Waals surface area contributed by atoms with Crippen LogP contribution in [0.25, 0.3) is 11.3 Å². The highest BCUT2D eigenvalue weighted by atomic mass is 35.5. The summed E-state index contributed by atoms with van der Waals surface area (Å²) in [7, 11) is 0. The van der Waals surface area contributed by atoms with E-state index in [4.69, 9.17) is 16.2 Å². The van der Waals surface area contributed by atoms with Crippen LogP contribution in [0.15, 0.2) is 30.3 Å². The van der Waals surface area contributed by atoms with Crippen LogP contribution in [0.3, 0.4) is 0 Å². The minimum atomic E-state index is 0. The third kappa shape index (κ3) is 2.76. The SMILES string of the molecule is Cl.Nc1nnc(-c2ccccc2O)cc1OCCC12CC(N)(C1)C2. The van der Waals surface area contributed by atoms with Crippen molar-refractivity contribution in [2.45, 2.75) is 31.2 Å². The molecule has 3 aliphatic rings. The number of hydrogen-bond donors (Lipinski definition) is 3. The molecule has 3 fully saturated rings. The number of nitrogen functional groups attached to an aromatic ring is 1. The Labute approximate surface area is 146 Å². The van der Waals surface area contributed by atoms with Gasteiger partial charge in [-0.05, 0) is 43.2 Å². The van der Waals surface area contributed by atoms with E-state index in [2.05, 4.69) is 10.2 Å². The van der Waals surface area contributed by atoms with Crippen LogP contribution in [0.2, 0.25) is 0 Å².